The number of aromatic hydroxyl groups is 1. The van der Waals surface area contributed by atoms with Gasteiger partial charge in [-0.3, -0.25) is 0 Å². The van der Waals surface area contributed by atoms with E-state index in [4.69, 9.17) is 10.5 Å². The molecule has 0 unspecified atom stereocenters. The van der Waals surface area contributed by atoms with Crippen molar-refractivity contribution in [1.29, 1.82) is 5.41 Å². The van der Waals surface area contributed by atoms with Crippen LogP contribution < -0.4 is 0 Å². The second-order valence-corrected chi connectivity index (χ2v) is 2.82. The van der Waals surface area contributed by atoms with Crippen LogP contribution in [0.25, 0.3) is 0 Å². The molecule has 1 aromatic rings. The van der Waals surface area contributed by atoms with Crippen molar-refractivity contribution in [2.75, 3.05) is 0 Å². The average molecular weight is 147 g/mol. The lowest BCUT2D eigenvalue weighted by atomic mass is 10.1. The van der Waals surface area contributed by atoms with Crippen molar-refractivity contribution in [3.05, 3.63) is 29.3 Å². The number of benzene rings is 1. The average Bonchev–Trinajstić information content (AvgIpc) is 2.33. The fraction of sp³-hybridized carbons (Fsp3) is 0.222. The Morgan fingerprint density at radius 3 is 2.91 bits per heavy atom. The van der Waals surface area contributed by atoms with Gasteiger partial charge in [0.1, 0.15) is 5.75 Å². The van der Waals surface area contributed by atoms with E-state index in [1.807, 2.05) is 6.07 Å². The van der Waals surface area contributed by atoms with Crippen molar-refractivity contribution in [3.63, 3.8) is 0 Å². The Kier molecular flexibility index (Phi) is 1.22. The first-order valence-corrected chi connectivity index (χ1v) is 3.67. The summed E-state index contributed by atoms with van der Waals surface area (Å²) in [5.74, 6) is 0.260. The van der Waals surface area contributed by atoms with Gasteiger partial charge >= 0.3 is 0 Å². The second-order valence-electron chi connectivity index (χ2n) is 2.82. The molecule has 1 aromatic carbocycles. The van der Waals surface area contributed by atoms with Gasteiger partial charge in [-0.2, -0.15) is 0 Å². The molecule has 0 saturated carbocycles. The maximum absolute atomic E-state index is 9.12. The predicted octanol–water partition coefficient (Wildman–Crippen LogP) is 1.71. The van der Waals surface area contributed by atoms with Crippen molar-refractivity contribution >= 4 is 5.71 Å². The fourth-order valence-corrected chi connectivity index (χ4v) is 1.46. The SMILES string of the molecule is N=C1CCc2ccc(O)cc21. The van der Waals surface area contributed by atoms with E-state index < -0.39 is 0 Å². The number of fused-ring (bicyclic) bond motifs is 1. The van der Waals surface area contributed by atoms with Gasteiger partial charge in [-0.05, 0) is 30.5 Å². The topological polar surface area (TPSA) is 44.1 Å². The monoisotopic (exact) mass is 147 g/mol. The van der Waals surface area contributed by atoms with E-state index in [2.05, 4.69) is 0 Å². The first-order chi connectivity index (χ1) is 5.27. The van der Waals surface area contributed by atoms with E-state index in [1.165, 1.54) is 5.56 Å². The molecule has 2 N–H and O–H groups in total. The normalized spacial score (nSPS) is 15.1. The maximum Gasteiger partial charge on any atom is 0.116 e. The Hall–Kier alpha value is -1.31. The van der Waals surface area contributed by atoms with Gasteiger partial charge in [-0.25, -0.2) is 0 Å². The van der Waals surface area contributed by atoms with Crippen LogP contribution in [0.1, 0.15) is 17.5 Å². The number of hydrogen-bond donors (Lipinski definition) is 2. The summed E-state index contributed by atoms with van der Waals surface area (Å²) in [4.78, 5) is 0. The molecule has 0 heterocycles. The molecule has 0 bridgehead atoms. The van der Waals surface area contributed by atoms with Crippen molar-refractivity contribution in [3.8, 4) is 5.75 Å². The van der Waals surface area contributed by atoms with Gasteiger partial charge in [0.15, 0.2) is 0 Å². The van der Waals surface area contributed by atoms with Crippen LogP contribution in [0.4, 0.5) is 0 Å². The molecule has 0 atom stereocenters. The molecule has 0 aromatic heterocycles. The molecule has 56 valence electrons. The van der Waals surface area contributed by atoms with Crippen LogP contribution in [-0.4, -0.2) is 10.8 Å². The summed E-state index contributed by atoms with van der Waals surface area (Å²) in [6.07, 6.45) is 1.77. The van der Waals surface area contributed by atoms with E-state index in [0.29, 0.717) is 5.71 Å². The minimum atomic E-state index is 0.260. The molecule has 0 saturated heterocycles. The molecule has 11 heavy (non-hydrogen) atoms. The van der Waals surface area contributed by atoms with E-state index in [0.717, 1.165) is 18.4 Å². The Labute approximate surface area is 65.0 Å². The molecule has 0 amide bonds. The summed E-state index contributed by atoms with van der Waals surface area (Å²) in [5, 5.41) is 16.6. The number of aryl methyl sites for hydroxylation is 1. The summed E-state index contributed by atoms with van der Waals surface area (Å²) >= 11 is 0. The van der Waals surface area contributed by atoms with Gasteiger partial charge < -0.3 is 10.5 Å². The standard InChI is InChI=1S/C9H9NO/c10-9-4-2-6-1-3-7(11)5-8(6)9/h1,3,5,10-11H,2,4H2. The number of nitrogens with one attached hydrogen (secondary N) is 1. The van der Waals surface area contributed by atoms with E-state index in [-0.39, 0.29) is 5.75 Å². The molecule has 0 aliphatic heterocycles. The summed E-state index contributed by atoms with van der Waals surface area (Å²) in [6.45, 7) is 0. The van der Waals surface area contributed by atoms with Gasteiger partial charge in [0, 0.05) is 11.3 Å². The Morgan fingerprint density at radius 1 is 1.27 bits per heavy atom. The van der Waals surface area contributed by atoms with Crippen LogP contribution in [0, 0.1) is 5.41 Å². The van der Waals surface area contributed by atoms with Crippen LogP contribution in [0.2, 0.25) is 0 Å². The minimum Gasteiger partial charge on any atom is -0.508 e. The second kappa shape index (κ2) is 2.09. The highest BCUT2D eigenvalue weighted by atomic mass is 16.3. The summed E-state index contributed by atoms with van der Waals surface area (Å²) in [7, 11) is 0. The zero-order chi connectivity index (χ0) is 7.84. The van der Waals surface area contributed by atoms with Crippen LogP contribution in [0.3, 0.4) is 0 Å². The lowest BCUT2D eigenvalue weighted by molar-refractivity contribution is 0.475. The Balaban J connectivity index is 2.60. The highest BCUT2D eigenvalue weighted by Gasteiger charge is 2.15. The smallest absolute Gasteiger partial charge is 0.116 e. The summed E-state index contributed by atoms with van der Waals surface area (Å²) in [6, 6.07) is 5.24. The van der Waals surface area contributed by atoms with Gasteiger partial charge in [0.25, 0.3) is 0 Å². The molecule has 2 heteroatoms. The summed E-state index contributed by atoms with van der Waals surface area (Å²) < 4.78 is 0. The number of hydrogen-bond acceptors (Lipinski definition) is 2. The summed E-state index contributed by atoms with van der Waals surface area (Å²) in [5.41, 5.74) is 2.76. The fourth-order valence-electron chi connectivity index (χ4n) is 1.46. The minimum absolute atomic E-state index is 0.260. The third-order valence-electron chi connectivity index (χ3n) is 2.06. The third kappa shape index (κ3) is 0.909. The van der Waals surface area contributed by atoms with Gasteiger partial charge in [-0.1, -0.05) is 6.07 Å². The highest BCUT2D eigenvalue weighted by molar-refractivity contribution is 6.02. The molecule has 0 fully saturated rings. The highest BCUT2D eigenvalue weighted by Crippen LogP contribution is 2.24. The zero-order valence-corrected chi connectivity index (χ0v) is 6.09. The Bertz CT molecular complexity index is 317. The molecule has 1 aliphatic carbocycles. The van der Waals surface area contributed by atoms with Crippen molar-refractivity contribution in [2.45, 2.75) is 12.8 Å². The van der Waals surface area contributed by atoms with Gasteiger partial charge in [0.2, 0.25) is 0 Å². The molecule has 1 aliphatic rings. The van der Waals surface area contributed by atoms with Gasteiger partial charge in [-0.15, -0.1) is 0 Å². The van der Waals surface area contributed by atoms with Crippen LogP contribution in [0.15, 0.2) is 18.2 Å². The lowest BCUT2D eigenvalue weighted by Crippen LogP contribution is -1.89. The van der Waals surface area contributed by atoms with Crippen molar-refractivity contribution in [2.24, 2.45) is 0 Å². The molecule has 0 spiro atoms. The molecule has 0 radical (unpaired) electrons. The first-order valence-electron chi connectivity index (χ1n) is 3.67. The van der Waals surface area contributed by atoms with E-state index in [1.54, 1.807) is 12.1 Å². The van der Waals surface area contributed by atoms with Crippen molar-refractivity contribution in [1.82, 2.24) is 0 Å². The molecule has 2 nitrogen and oxygen atoms in total. The van der Waals surface area contributed by atoms with E-state index in [9.17, 15) is 0 Å². The number of phenols is 1. The lowest BCUT2D eigenvalue weighted by Gasteiger charge is -1.97. The molecular formula is C9H9NO. The van der Waals surface area contributed by atoms with E-state index >= 15 is 0 Å². The number of rotatable bonds is 0. The Morgan fingerprint density at radius 2 is 2.09 bits per heavy atom. The van der Waals surface area contributed by atoms with Crippen LogP contribution >= 0.6 is 0 Å². The molecular weight excluding hydrogens is 138 g/mol. The third-order valence-corrected chi connectivity index (χ3v) is 2.06. The quantitative estimate of drug-likeness (QED) is 0.576. The number of phenolic OH excluding ortho intramolecular Hbond substituents is 1. The van der Waals surface area contributed by atoms with Crippen molar-refractivity contribution < 1.29 is 5.11 Å². The first kappa shape index (κ1) is 6.40. The van der Waals surface area contributed by atoms with Crippen LogP contribution in [-0.2, 0) is 6.42 Å². The largest absolute Gasteiger partial charge is 0.508 e. The van der Waals surface area contributed by atoms with Gasteiger partial charge in [0.05, 0.1) is 0 Å². The maximum atomic E-state index is 9.12. The van der Waals surface area contributed by atoms with Crippen LogP contribution in [0.5, 0.6) is 5.75 Å². The molecule has 2 rings (SSSR count). The predicted molar refractivity (Wildman–Crippen MR) is 43.3 cm³/mol. The zero-order valence-electron chi connectivity index (χ0n) is 6.09.